The van der Waals surface area contributed by atoms with Crippen molar-refractivity contribution in [3.05, 3.63) is 54.9 Å². The van der Waals surface area contributed by atoms with E-state index in [1.165, 1.54) is 0 Å². The first kappa shape index (κ1) is 23.2. The van der Waals surface area contributed by atoms with E-state index in [2.05, 4.69) is 20.1 Å². The maximum absolute atomic E-state index is 6.39. The average Bonchev–Trinajstić information content (AvgIpc) is 3.26. The zero-order valence-electron chi connectivity index (χ0n) is 20.2. The van der Waals surface area contributed by atoms with Gasteiger partial charge in [0.2, 0.25) is 5.95 Å². The van der Waals surface area contributed by atoms with E-state index in [0.717, 1.165) is 41.2 Å². The zero-order chi connectivity index (χ0) is 24.2. The number of anilines is 4. The third kappa shape index (κ3) is 4.84. The highest BCUT2D eigenvalue weighted by Crippen LogP contribution is 2.36. The molecule has 0 spiro atoms. The fourth-order valence-electron chi connectivity index (χ4n) is 3.76. The molecule has 0 saturated carbocycles. The lowest BCUT2D eigenvalue weighted by Gasteiger charge is -2.24. The lowest BCUT2D eigenvalue weighted by Crippen LogP contribution is -2.29. The molecule has 9 nitrogen and oxygen atoms in total. The Morgan fingerprint density at radius 1 is 1.00 bits per heavy atom. The molecule has 0 atom stereocenters. The number of ether oxygens (including phenoxy) is 2. The summed E-state index contributed by atoms with van der Waals surface area (Å²) in [6.45, 7) is 1.76. The molecule has 0 unspecified atom stereocenters. The second-order valence-corrected chi connectivity index (χ2v) is 8.31. The monoisotopic (exact) mass is 461 g/mol. The van der Waals surface area contributed by atoms with Gasteiger partial charge in [0.1, 0.15) is 17.3 Å². The Morgan fingerprint density at radius 2 is 1.82 bits per heavy atom. The van der Waals surface area contributed by atoms with Gasteiger partial charge < -0.3 is 34.9 Å². The van der Waals surface area contributed by atoms with Crippen LogP contribution in [0.4, 0.5) is 23.0 Å². The van der Waals surface area contributed by atoms with Crippen LogP contribution in [-0.2, 0) is 0 Å². The molecule has 0 aliphatic carbocycles. The van der Waals surface area contributed by atoms with Gasteiger partial charge in [0.25, 0.3) is 0 Å². The first-order valence-corrected chi connectivity index (χ1v) is 11.0. The highest BCUT2D eigenvalue weighted by molar-refractivity contribution is 5.83. The van der Waals surface area contributed by atoms with Crippen LogP contribution in [0.2, 0.25) is 0 Å². The Morgan fingerprint density at radius 3 is 2.56 bits per heavy atom. The Balaban J connectivity index is 1.61. The minimum Gasteiger partial charge on any atom is -0.497 e. The molecule has 0 radical (unpaired) electrons. The molecule has 9 heteroatoms. The first-order valence-electron chi connectivity index (χ1n) is 11.0. The summed E-state index contributed by atoms with van der Waals surface area (Å²) >= 11 is 0. The van der Waals surface area contributed by atoms with Crippen LogP contribution >= 0.6 is 0 Å². The largest absolute Gasteiger partial charge is 0.497 e. The molecular weight excluding hydrogens is 430 g/mol. The standard InChI is InChI=1S/C25H31N7O2/c1-30(2)12-13-31(3)22-16-23(34-5)20(15-19(22)26)28-25-27-10-8-24(29-25)32-11-9-17-14-18(33-4)6-7-21(17)32/h6-11,14-16H,12-13,26H2,1-5H3,(H,27,28,29). The number of methoxy groups -OCH3 is 2. The molecule has 0 bridgehead atoms. The number of aromatic nitrogens is 3. The second kappa shape index (κ2) is 9.88. The Kier molecular flexibility index (Phi) is 6.74. The van der Waals surface area contributed by atoms with Gasteiger partial charge in [0, 0.05) is 44.0 Å². The molecule has 2 heterocycles. The topological polar surface area (TPSA) is 93.7 Å². The Hall–Kier alpha value is -3.98. The minimum atomic E-state index is 0.444. The highest BCUT2D eigenvalue weighted by Gasteiger charge is 2.14. The molecule has 4 aromatic rings. The summed E-state index contributed by atoms with van der Waals surface area (Å²) in [5.41, 5.74) is 9.67. The Bertz CT molecular complexity index is 1290. The Labute approximate surface area is 199 Å². The molecule has 3 N–H and O–H groups in total. The van der Waals surface area contributed by atoms with Gasteiger partial charge in [-0.3, -0.25) is 0 Å². The van der Waals surface area contributed by atoms with E-state index in [1.54, 1.807) is 20.4 Å². The van der Waals surface area contributed by atoms with E-state index < -0.39 is 0 Å². The molecular formula is C25H31N7O2. The number of hydrogen-bond donors (Lipinski definition) is 2. The van der Waals surface area contributed by atoms with E-state index in [-0.39, 0.29) is 0 Å². The molecule has 0 saturated heterocycles. The molecule has 34 heavy (non-hydrogen) atoms. The lowest BCUT2D eigenvalue weighted by atomic mass is 10.2. The molecule has 178 valence electrons. The van der Waals surface area contributed by atoms with Gasteiger partial charge in [0.05, 0.1) is 36.8 Å². The first-order chi connectivity index (χ1) is 16.4. The molecule has 4 rings (SSSR count). The van der Waals surface area contributed by atoms with Crippen molar-refractivity contribution in [1.29, 1.82) is 0 Å². The van der Waals surface area contributed by atoms with E-state index in [4.69, 9.17) is 20.2 Å². The summed E-state index contributed by atoms with van der Waals surface area (Å²) in [4.78, 5) is 13.4. The lowest BCUT2D eigenvalue weighted by molar-refractivity contribution is 0.413. The maximum Gasteiger partial charge on any atom is 0.229 e. The zero-order valence-corrected chi connectivity index (χ0v) is 20.2. The highest BCUT2D eigenvalue weighted by atomic mass is 16.5. The molecule has 0 amide bonds. The van der Waals surface area contributed by atoms with Crippen LogP contribution in [0.3, 0.4) is 0 Å². The van der Waals surface area contributed by atoms with Crippen molar-refractivity contribution in [2.45, 2.75) is 0 Å². The summed E-state index contributed by atoms with van der Waals surface area (Å²) < 4.78 is 13.0. The molecule has 0 aliphatic heterocycles. The van der Waals surface area contributed by atoms with Crippen LogP contribution in [0.1, 0.15) is 0 Å². The molecule has 2 aromatic heterocycles. The molecule has 0 aliphatic rings. The third-order valence-corrected chi connectivity index (χ3v) is 5.67. The van der Waals surface area contributed by atoms with E-state index in [1.807, 2.05) is 74.4 Å². The number of benzene rings is 2. The normalized spacial score (nSPS) is 11.1. The fraction of sp³-hybridized carbons (Fsp3) is 0.280. The number of rotatable bonds is 9. The summed E-state index contributed by atoms with van der Waals surface area (Å²) in [6, 6.07) is 13.6. The van der Waals surface area contributed by atoms with Crippen molar-refractivity contribution < 1.29 is 9.47 Å². The van der Waals surface area contributed by atoms with E-state index in [0.29, 0.717) is 23.1 Å². The predicted molar refractivity (Wildman–Crippen MR) is 138 cm³/mol. The molecule has 0 fully saturated rings. The summed E-state index contributed by atoms with van der Waals surface area (Å²) in [5.74, 6) is 2.66. The SMILES string of the molecule is COc1ccc2c(ccn2-c2ccnc(Nc3cc(N)c(N(C)CCN(C)C)cc3OC)n2)c1. The van der Waals surface area contributed by atoms with Gasteiger partial charge in [-0.2, -0.15) is 4.98 Å². The smallest absolute Gasteiger partial charge is 0.229 e. The van der Waals surface area contributed by atoms with Crippen molar-refractivity contribution in [3.63, 3.8) is 0 Å². The maximum atomic E-state index is 6.39. The van der Waals surface area contributed by atoms with Crippen LogP contribution < -0.4 is 25.4 Å². The summed E-state index contributed by atoms with van der Waals surface area (Å²) in [6.07, 6.45) is 3.70. The number of fused-ring (bicyclic) bond motifs is 1. The summed E-state index contributed by atoms with van der Waals surface area (Å²) in [5, 5.41) is 4.33. The number of nitrogens with one attached hydrogen (secondary N) is 1. The fourth-order valence-corrected chi connectivity index (χ4v) is 3.76. The van der Waals surface area contributed by atoms with Crippen molar-refractivity contribution >= 4 is 33.9 Å². The number of nitrogens with two attached hydrogens (primary N) is 1. The van der Waals surface area contributed by atoms with Gasteiger partial charge in [-0.1, -0.05) is 0 Å². The van der Waals surface area contributed by atoms with Crippen molar-refractivity contribution in [3.8, 4) is 17.3 Å². The quantitative estimate of drug-likeness (QED) is 0.364. The summed E-state index contributed by atoms with van der Waals surface area (Å²) in [7, 11) is 9.41. The minimum absolute atomic E-state index is 0.444. The van der Waals surface area contributed by atoms with Gasteiger partial charge in [0.15, 0.2) is 0 Å². The van der Waals surface area contributed by atoms with Crippen molar-refractivity contribution in [1.82, 2.24) is 19.4 Å². The van der Waals surface area contributed by atoms with E-state index in [9.17, 15) is 0 Å². The molecule has 2 aromatic carbocycles. The van der Waals surface area contributed by atoms with Crippen LogP contribution in [0, 0.1) is 0 Å². The van der Waals surface area contributed by atoms with Crippen LogP contribution in [-0.4, -0.2) is 67.9 Å². The van der Waals surface area contributed by atoms with Crippen molar-refractivity contribution in [2.75, 3.05) is 64.4 Å². The van der Waals surface area contributed by atoms with Gasteiger partial charge >= 0.3 is 0 Å². The van der Waals surface area contributed by atoms with Gasteiger partial charge in [-0.05, 0) is 50.5 Å². The second-order valence-electron chi connectivity index (χ2n) is 8.31. The van der Waals surface area contributed by atoms with Gasteiger partial charge in [-0.15, -0.1) is 0 Å². The van der Waals surface area contributed by atoms with E-state index >= 15 is 0 Å². The van der Waals surface area contributed by atoms with Crippen LogP contribution in [0.15, 0.2) is 54.9 Å². The van der Waals surface area contributed by atoms with Crippen molar-refractivity contribution in [2.24, 2.45) is 0 Å². The van der Waals surface area contributed by atoms with Crippen LogP contribution in [0.25, 0.3) is 16.7 Å². The number of hydrogen-bond acceptors (Lipinski definition) is 8. The number of nitrogens with zero attached hydrogens (tertiary/aromatic N) is 5. The average molecular weight is 462 g/mol. The number of nitrogen functional groups attached to an aromatic ring is 1. The predicted octanol–water partition coefficient (Wildman–Crippen LogP) is 3.76. The van der Waals surface area contributed by atoms with Crippen LogP contribution in [0.5, 0.6) is 11.5 Å². The number of likely N-dealkylation sites (N-methyl/N-ethyl adjacent to an activating group) is 2. The van der Waals surface area contributed by atoms with Gasteiger partial charge in [-0.25, -0.2) is 4.98 Å². The third-order valence-electron chi connectivity index (χ3n) is 5.67.